The van der Waals surface area contributed by atoms with Crippen molar-refractivity contribution in [2.45, 2.75) is 66.2 Å². The van der Waals surface area contributed by atoms with E-state index in [-0.39, 0.29) is 11.9 Å². The van der Waals surface area contributed by atoms with Crippen LogP contribution >= 0.6 is 11.6 Å². The maximum atomic E-state index is 13.2. The van der Waals surface area contributed by atoms with Gasteiger partial charge >= 0.3 is 5.97 Å². The zero-order chi connectivity index (χ0) is 29.1. The third kappa shape index (κ3) is 6.18. The van der Waals surface area contributed by atoms with Gasteiger partial charge in [-0.05, 0) is 86.2 Å². The van der Waals surface area contributed by atoms with E-state index in [1.165, 1.54) is 12.7 Å². The number of aryl methyl sites for hydroxylation is 1. The Hall–Kier alpha value is -3.77. The maximum Gasteiger partial charge on any atom is 0.346 e. The number of carbonyl (C=O) groups is 2. The smallest absolute Gasteiger partial charge is 0.346 e. The number of amides is 1. The second kappa shape index (κ2) is 12.2. The van der Waals surface area contributed by atoms with E-state index in [0.29, 0.717) is 28.8 Å². The van der Waals surface area contributed by atoms with Gasteiger partial charge in [0, 0.05) is 28.7 Å². The molecule has 0 radical (unpaired) electrons. The summed E-state index contributed by atoms with van der Waals surface area (Å²) in [6, 6.07) is 19.7. The average molecular weight is 561 g/mol. The first-order valence-electron chi connectivity index (χ1n) is 13.5. The van der Waals surface area contributed by atoms with Gasteiger partial charge in [0.2, 0.25) is 0 Å². The highest BCUT2D eigenvalue weighted by Crippen LogP contribution is 2.31. The van der Waals surface area contributed by atoms with Crippen LogP contribution in [0.25, 0.3) is 10.9 Å². The number of hydrogen-bond donors (Lipinski definition) is 1. The van der Waals surface area contributed by atoms with Crippen molar-refractivity contribution >= 4 is 34.4 Å². The fourth-order valence-electron chi connectivity index (χ4n) is 4.87. The van der Waals surface area contributed by atoms with Crippen LogP contribution in [0.2, 0.25) is 5.02 Å². The number of hydrogen-bond acceptors (Lipinski definition) is 4. The van der Waals surface area contributed by atoms with Gasteiger partial charge in [-0.2, -0.15) is 0 Å². The van der Waals surface area contributed by atoms with Gasteiger partial charge in [0.05, 0.1) is 18.2 Å². The Bertz CT molecular complexity index is 1560. The van der Waals surface area contributed by atoms with Crippen LogP contribution < -0.4 is 10.1 Å². The molecule has 1 unspecified atom stereocenters. The van der Waals surface area contributed by atoms with Crippen molar-refractivity contribution in [3.63, 3.8) is 0 Å². The summed E-state index contributed by atoms with van der Waals surface area (Å²) in [4.78, 5) is 25.1. The minimum Gasteiger partial charge on any atom is -0.477 e. The maximum absolute atomic E-state index is 13.2. The van der Waals surface area contributed by atoms with Gasteiger partial charge in [0.15, 0.2) is 6.10 Å². The Labute approximate surface area is 241 Å². The summed E-state index contributed by atoms with van der Waals surface area (Å²) in [5.41, 5.74) is 7.19. The number of methoxy groups -OCH3 is 1. The second-order valence-corrected chi connectivity index (χ2v) is 11.0. The number of carbonyl (C=O) groups excluding carboxylic acids is 2. The molecule has 6 nitrogen and oxygen atoms in total. The molecular weight excluding hydrogens is 524 g/mol. The van der Waals surface area contributed by atoms with Crippen molar-refractivity contribution in [1.82, 2.24) is 9.88 Å². The minimum absolute atomic E-state index is 0.103. The van der Waals surface area contributed by atoms with E-state index >= 15 is 0 Å². The SMILES string of the molecule is COC(=O)C(C)Oc1cc(Cn2c(C)c(C)c3cc(C(=O)N[C@@H](C)c4cccc(C(C)C)c4)ccc32)ccc1Cl. The van der Waals surface area contributed by atoms with Gasteiger partial charge in [-0.1, -0.05) is 55.8 Å². The first-order chi connectivity index (χ1) is 19.0. The molecule has 210 valence electrons. The van der Waals surface area contributed by atoms with E-state index in [9.17, 15) is 9.59 Å². The van der Waals surface area contributed by atoms with Crippen molar-refractivity contribution in [2.24, 2.45) is 0 Å². The fraction of sp³-hybridized carbons (Fsp3) is 0.333. The van der Waals surface area contributed by atoms with Crippen LogP contribution in [0.3, 0.4) is 0 Å². The van der Waals surface area contributed by atoms with E-state index in [4.69, 9.17) is 21.1 Å². The number of benzene rings is 3. The van der Waals surface area contributed by atoms with E-state index in [0.717, 1.165) is 33.3 Å². The number of halogens is 1. The van der Waals surface area contributed by atoms with Gasteiger partial charge in [-0.3, -0.25) is 4.79 Å². The van der Waals surface area contributed by atoms with Gasteiger partial charge in [0.1, 0.15) is 5.75 Å². The Kier molecular flexibility index (Phi) is 8.89. The molecular formula is C33H37ClN2O4. The number of nitrogens with zero attached hydrogens (tertiary/aromatic N) is 1. The number of aromatic nitrogens is 1. The van der Waals surface area contributed by atoms with Crippen LogP contribution in [-0.4, -0.2) is 29.7 Å². The number of ether oxygens (including phenoxy) is 2. The number of rotatable bonds is 9. The Morgan fingerprint density at radius 1 is 0.950 bits per heavy atom. The molecule has 1 aromatic heterocycles. The standard InChI is InChI=1S/C33H37ClN2O4/c1-19(2)25-9-8-10-26(16-25)21(4)35-32(37)27-12-14-30-28(17-27)20(3)22(5)36(30)18-24-11-13-29(34)31(15-24)40-23(6)33(38)39-7/h8-17,19,21,23H,18H2,1-7H3,(H,35,37)/t21-,23?/m0/s1. The van der Waals surface area contributed by atoms with E-state index in [1.807, 2.05) is 43.3 Å². The van der Waals surface area contributed by atoms with Crippen molar-refractivity contribution < 1.29 is 19.1 Å². The van der Waals surface area contributed by atoms with Crippen LogP contribution in [0.5, 0.6) is 5.75 Å². The first kappa shape index (κ1) is 29.2. The normalized spacial score (nSPS) is 12.8. The Morgan fingerprint density at radius 2 is 1.68 bits per heavy atom. The van der Waals surface area contributed by atoms with Crippen molar-refractivity contribution in [2.75, 3.05) is 7.11 Å². The molecule has 0 fully saturated rings. The molecule has 0 aliphatic carbocycles. The molecule has 0 bridgehead atoms. The fourth-order valence-corrected chi connectivity index (χ4v) is 5.03. The number of nitrogens with one attached hydrogen (secondary N) is 1. The molecule has 2 atom stereocenters. The summed E-state index contributed by atoms with van der Waals surface area (Å²) < 4.78 is 12.7. The van der Waals surface area contributed by atoms with E-state index in [1.54, 1.807) is 13.0 Å². The number of fused-ring (bicyclic) bond motifs is 1. The highest BCUT2D eigenvalue weighted by molar-refractivity contribution is 6.32. The van der Waals surface area contributed by atoms with Crippen LogP contribution in [0, 0.1) is 13.8 Å². The zero-order valence-corrected chi connectivity index (χ0v) is 24.9. The summed E-state index contributed by atoms with van der Waals surface area (Å²) in [5.74, 6) is 0.279. The zero-order valence-electron chi connectivity index (χ0n) is 24.2. The Morgan fingerprint density at radius 3 is 2.38 bits per heavy atom. The molecule has 3 aromatic carbocycles. The van der Waals surface area contributed by atoms with Gasteiger partial charge in [-0.15, -0.1) is 0 Å². The summed E-state index contributed by atoms with van der Waals surface area (Å²) in [5, 5.41) is 4.61. The molecule has 0 aliphatic rings. The van der Waals surface area contributed by atoms with Gasteiger partial charge in [0.25, 0.3) is 5.91 Å². The Balaban J connectivity index is 1.57. The van der Waals surface area contributed by atoms with Gasteiger partial charge in [-0.25, -0.2) is 4.79 Å². The lowest BCUT2D eigenvalue weighted by atomic mass is 9.98. The molecule has 4 rings (SSSR count). The quantitative estimate of drug-likeness (QED) is 0.215. The van der Waals surface area contributed by atoms with Crippen molar-refractivity contribution in [3.8, 4) is 5.75 Å². The lowest BCUT2D eigenvalue weighted by molar-refractivity contribution is -0.147. The molecule has 0 saturated carbocycles. The van der Waals surface area contributed by atoms with Gasteiger partial charge < -0.3 is 19.4 Å². The molecule has 7 heteroatoms. The first-order valence-corrected chi connectivity index (χ1v) is 13.9. The van der Waals surface area contributed by atoms with Crippen LogP contribution in [0.4, 0.5) is 0 Å². The van der Waals surface area contributed by atoms with Crippen molar-refractivity contribution in [3.05, 3.63) is 99.2 Å². The van der Waals surface area contributed by atoms with Crippen molar-refractivity contribution in [1.29, 1.82) is 0 Å². The molecule has 0 saturated heterocycles. The third-order valence-corrected chi connectivity index (χ3v) is 7.81. The lowest BCUT2D eigenvalue weighted by Crippen LogP contribution is -2.26. The predicted molar refractivity (Wildman–Crippen MR) is 160 cm³/mol. The molecule has 1 N–H and O–H groups in total. The van der Waals surface area contributed by atoms with Crippen LogP contribution in [0.15, 0.2) is 60.7 Å². The van der Waals surface area contributed by atoms with Crippen LogP contribution in [-0.2, 0) is 16.1 Å². The second-order valence-electron chi connectivity index (χ2n) is 10.6. The third-order valence-electron chi connectivity index (χ3n) is 7.50. The summed E-state index contributed by atoms with van der Waals surface area (Å²) in [7, 11) is 1.32. The predicted octanol–water partition coefficient (Wildman–Crippen LogP) is 7.51. The monoisotopic (exact) mass is 560 g/mol. The largest absolute Gasteiger partial charge is 0.477 e. The molecule has 1 amide bonds. The number of esters is 1. The summed E-state index contributed by atoms with van der Waals surface area (Å²) >= 11 is 6.34. The summed E-state index contributed by atoms with van der Waals surface area (Å²) in [6.07, 6.45) is -0.777. The molecule has 0 aliphatic heterocycles. The average Bonchev–Trinajstić information content (AvgIpc) is 3.18. The molecule has 1 heterocycles. The highest BCUT2D eigenvalue weighted by Gasteiger charge is 2.19. The topological polar surface area (TPSA) is 69.6 Å². The minimum atomic E-state index is -0.777. The molecule has 40 heavy (non-hydrogen) atoms. The molecule has 0 spiro atoms. The molecule has 4 aromatic rings. The summed E-state index contributed by atoms with van der Waals surface area (Å²) in [6.45, 7) is 12.7. The van der Waals surface area contributed by atoms with E-state index < -0.39 is 12.1 Å². The van der Waals surface area contributed by atoms with Crippen LogP contribution in [0.1, 0.15) is 78.0 Å². The van der Waals surface area contributed by atoms with E-state index in [2.05, 4.69) is 55.8 Å². The lowest BCUT2D eigenvalue weighted by Gasteiger charge is -2.17. The highest BCUT2D eigenvalue weighted by atomic mass is 35.5.